The molecule has 2 fully saturated rings. The first kappa shape index (κ1) is 27.2. The molecule has 38 heavy (non-hydrogen) atoms. The van der Waals surface area contributed by atoms with Crippen LogP contribution < -0.4 is 16.0 Å². The van der Waals surface area contributed by atoms with Gasteiger partial charge in [0.25, 0.3) is 0 Å². The predicted molar refractivity (Wildman–Crippen MR) is 137 cm³/mol. The molecule has 0 spiro atoms. The summed E-state index contributed by atoms with van der Waals surface area (Å²) in [6, 6.07) is 4.75. The predicted octanol–water partition coefficient (Wildman–Crippen LogP) is 2.77. The first-order valence-electron chi connectivity index (χ1n) is 12.3. The van der Waals surface area contributed by atoms with Crippen LogP contribution in [0.2, 0.25) is 0 Å². The topological polar surface area (TPSA) is 157 Å². The van der Waals surface area contributed by atoms with Crippen LogP contribution in [0.4, 0.5) is 15.1 Å². The number of ether oxygens (including phenoxy) is 3. The highest BCUT2D eigenvalue weighted by Gasteiger charge is 2.28. The minimum Gasteiger partial charge on any atom is -0.444 e. The van der Waals surface area contributed by atoms with E-state index in [2.05, 4.69) is 15.1 Å². The Kier molecular flexibility index (Phi) is 8.69. The molecule has 2 aliphatic rings. The molecular formula is C25H32FN7O5. The van der Waals surface area contributed by atoms with Crippen LogP contribution in [0.3, 0.4) is 0 Å². The van der Waals surface area contributed by atoms with Gasteiger partial charge in [-0.3, -0.25) is 10.7 Å². The second-order valence-electron chi connectivity index (χ2n) is 9.49. The standard InChI is InChI=1S/C25H32FN7O5/c1-25(2)36-12-16(13-37-25)14-38-32-19-6-8-33(9-7-19)23-29-10-18(11-30-23)20-5-3-4-17(21(20)26)15-35-24(34)31-22(27)28/h3-5,10-11,16H,6-9,12-15H2,1-2H3,(H4,27,28,31,34). The van der Waals surface area contributed by atoms with E-state index in [9.17, 15) is 4.79 Å². The van der Waals surface area contributed by atoms with Gasteiger partial charge < -0.3 is 29.7 Å². The molecule has 12 nitrogen and oxygen atoms in total. The van der Waals surface area contributed by atoms with E-state index in [4.69, 9.17) is 30.2 Å². The van der Waals surface area contributed by atoms with Crippen LogP contribution in [0.25, 0.3) is 11.1 Å². The Hall–Kier alpha value is -3.84. The normalized spacial score (nSPS) is 17.6. The summed E-state index contributed by atoms with van der Waals surface area (Å²) in [5, 5.41) is 13.3. The summed E-state index contributed by atoms with van der Waals surface area (Å²) in [5.74, 6) is -0.942. The van der Waals surface area contributed by atoms with Crippen molar-refractivity contribution in [1.29, 1.82) is 5.41 Å². The zero-order chi connectivity index (χ0) is 27.1. The first-order chi connectivity index (χ1) is 18.2. The third-order valence-electron chi connectivity index (χ3n) is 6.08. The maximum atomic E-state index is 15.0. The Morgan fingerprint density at radius 3 is 2.61 bits per heavy atom. The van der Waals surface area contributed by atoms with Crippen molar-refractivity contribution in [3.05, 3.63) is 42.0 Å². The number of nitrogens with one attached hydrogen (secondary N) is 2. The largest absolute Gasteiger partial charge is 0.444 e. The Bertz CT molecular complexity index is 1160. The van der Waals surface area contributed by atoms with Crippen LogP contribution in [0.1, 0.15) is 32.3 Å². The number of alkyl carbamates (subject to hydrolysis) is 1. The molecule has 0 unspecified atom stereocenters. The number of hydrogen-bond donors (Lipinski definition) is 3. The lowest BCUT2D eigenvalue weighted by Crippen LogP contribution is -2.40. The van der Waals surface area contributed by atoms with E-state index in [1.165, 1.54) is 6.07 Å². The number of piperidine rings is 1. The summed E-state index contributed by atoms with van der Waals surface area (Å²) in [4.78, 5) is 28.0. The van der Waals surface area contributed by atoms with Crippen molar-refractivity contribution in [2.75, 3.05) is 37.8 Å². The van der Waals surface area contributed by atoms with Crippen molar-refractivity contribution in [2.24, 2.45) is 16.8 Å². The minimum atomic E-state index is -0.936. The average Bonchev–Trinajstić information content (AvgIpc) is 2.89. The molecule has 0 aliphatic carbocycles. The van der Waals surface area contributed by atoms with Gasteiger partial charge in [0, 0.05) is 60.9 Å². The number of hydrogen-bond acceptors (Lipinski definition) is 10. The molecule has 1 amide bonds. The van der Waals surface area contributed by atoms with Gasteiger partial charge >= 0.3 is 6.09 Å². The molecule has 4 N–H and O–H groups in total. The second kappa shape index (κ2) is 12.1. The lowest BCUT2D eigenvalue weighted by molar-refractivity contribution is -0.266. The minimum absolute atomic E-state index is 0.156. The van der Waals surface area contributed by atoms with Gasteiger partial charge in [-0.15, -0.1) is 0 Å². The molecule has 0 saturated carbocycles. The number of nitrogens with two attached hydrogens (primary N) is 1. The molecule has 2 aromatic rings. The highest BCUT2D eigenvalue weighted by molar-refractivity contribution is 5.90. The average molecular weight is 530 g/mol. The number of rotatable bonds is 7. The Morgan fingerprint density at radius 2 is 1.95 bits per heavy atom. The van der Waals surface area contributed by atoms with Gasteiger partial charge in [0.05, 0.1) is 18.9 Å². The molecule has 0 atom stereocenters. The van der Waals surface area contributed by atoms with Gasteiger partial charge in [-0.1, -0.05) is 23.4 Å². The van der Waals surface area contributed by atoms with Crippen molar-refractivity contribution in [2.45, 2.75) is 39.1 Å². The van der Waals surface area contributed by atoms with Gasteiger partial charge in [-0.05, 0) is 13.8 Å². The van der Waals surface area contributed by atoms with Crippen LogP contribution in [-0.4, -0.2) is 66.4 Å². The lowest BCUT2D eigenvalue weighted by atomic mass is 10.1. The summed E-state index contributed by atoms with van der Waals surface area (Å²) < 4.78 is 31.2. The molecule has 4 rings (SSSR count). The molecular weight excluding hydrogens is 497 g/mol. The molecule has 0 bridgehead atoms. The summed E-state index contributed by atoms with van der Waals surface area (Å²) in [6.45, 7) is 6.46. The monoisotopic (exact) mass is 529 g/mol. The SMILES string of the molecule is CC1(C)OCC(CON=C2CCN(c3ncc(-c4cccc(COC(=O)NC(=N)N)c4F)cn3)CC2)CO1. The number of carbonyl (C=O) groups is 1. The number of amides is 1. The number of carbonyl (C=O) groups excluding carboxylic acids is 1. The van der Waals surface area contributed by atoms with Crippen LogP contribution in [-0.2, 0) is 25.7 Å². The number of benzene rings is 1. The van der Waals surface area contributed by atoms with E-state index in [-0.39, 0.29) is 23.7 Å². The summed E-state index contributed by atoms with van der Waals surface area (Å²) in [7, 11) is 0. The van der Waals surface area contributed by atoms with E-state index >= 15 is 4.39 Å². The Labute approximate surface area is 219 Å². The molecule has 2 saturated heterocycles. The summed E-state index contributed by atoms with van der Waals surface area (Å²) >= 11 is 0. The fourth-order valence-electron chi connectivity index (χ4n) is 3.94. The van der Waals surface area contributed by atoms with Gasteiger partial charge in [0.15, 0.2) is 11.7 Å². The maximum absolute atomic E-state index is 15.0. The van der Waals surface area contributed by atoms with Crippen molar-refractivity contribution in [3.8, 4) is 11.1 Å². The number of halogens is 1. The van der Waals surface area contributed by atoms with Crippen molar-refractivity contribution < 1.29 is 28.2 Å². The molecule has 2 aliphatic heterocycles. The summed E-state index contributed by atoms with van der Waals surface area (Å²) in [5.41, 5.74) is 7.01. The molecule has 13 heteroatoms. The summed E-state index contributed by atoms with van der Waals surface area (Å²) in [6.07, 6.45) is 3.65. The molecule has 1 aromatic carbocycles. The van der Waals surface area contributed by atoms with Crippen molar-refractivity contribution in [1.82, 2.24) is 15.3 Å². The van der Waals surface area contributed by atoms with Crippen molar-refractivity contribution >= 4 is 23.7 Å². The number of nitrogens with zero attached hydrogens (tertiary/aromatic N) is 4. The molecule has 1 aromatic heterocycles. The number of oxime groups is 1. The van der Waals surface area contributed by atoms with Crippen LogP contribution in [0.5, 0.6) is 0 Å². The number of aromatic nitrogens is 2. The highest BCUT2D eigenvalue weighted by Crippen LogP contribution is 2.26. The molecule has 3 heterocycles. The zero-order valence-corrected chi connectivity index (χ0v) is 21.4. The molecule has 204 valence electrons. The van der Waals surface area contributed by atoms with Crippen LogP contribution in [0.15, 0.2) is 35.7 Å². The van der Waals surface area contributed by atoms with Crippen LogP contribution in [0, 0.1) is 17.1 Å². The van der Waals surface area contributed by atoms with E-state index in [1.807, 2.05) is 24.1 Å². The van der Waals surface area contributed by atoms with E-state index in [0.29, 0.717) is 44.4 Å². The highest BCUT2D eigenvalue weighted by atomic mass is 19.1. The fraction of sp³-hybridized carbons (Fsp3) is 0.480. The van der Waals surface area contributed by atoms with Gasteiger partial charge in [0.2, 0.25) is 5.95 Å². The van der Waals surface area contributed by atoms with E-state index in [0.717, 1.165) is 18.6 Å². The Balaban J connectivity index is 1.28. The van der Waals surface area contributed by atoms with E-state index in [1.54, 1.807) is 24.5 Å². The number of guanidine groups is 1. The smallest absolute Gasteiger partial charge is 0.414 e. The van der Waals surface area contributed by atoms with E-state index < -0.39 is 23.7 Å². The quantitative estimate of drug-likeness (QED) is 0.279. The van der Waals surface area contributed by atoms with Gasteiger partial charge in [-0.2, -0.15) is 0 Å². The van der Waals surface area contributed by atoms with Crippen LogP contribution >= 0.6 is 0 Å². The first-order valence-corrected chi connectivity index (χ1v) is 12.3. The third-order valence-corrected chi connectivity index (χ3v) is 6.08. The van der Waals surface area contributed by atoms with Crippen molar-refractivity contribution in [3.63, 3.8) is 0 Å². The Morgan fingerprint density at radius 1 is 1.26 bits per heavy atom. The fourth-order valence-corrected chi connectivity index (χ4v) is 3.94. The lowest BCUT2D eigenvalue weighted by Gasteiger charge is -2.34. The third kappa shape index (κ3) is 7.35. The maximum Gasteiger partial charge on any atom is 0.414 e. The van der Waals surface area contributed by atoms with Gasteiger partial charge in [-0.25, -0.2) is 19.2 Å². The zero-order valence-electron chi connectivity index (χ0n) is 21.4. The number of anilines is 1. The second-order valence-corrected chi connectivity index (χ2v) is 9.49. The molecule has 0 radical (unpaired) electrons. The van der Waals surface area contributed by atoms with Gasteiger partial charge in [0.1, 0.15) is 19.0 Å².